The average molecular weight is 220 g/mol. The van der Waals surface area contributed by atoms with E-state index in [0.29, 0.717) is 30.3 Å². The molecule has 0 spiro atoms. The van der Waals surface area contributed by atoms with E-state index in [-0.39, 0.29) is 11.5 Å². The van der Waals surface area contributed by atoms with E-state index in [1.54, 1.807) is 18.2 Å². The van der Waals surface area contributed by atoms with Crippen molar-refractivity contribution in [1.29, 1.82) is 0 Å². The maximum absolute atomic E-state index is 10.8. The van der Waals surface area contributed by atoms with E-state index in [2.05, 4.69) is 0 Å². The van der Waals surface area contributed by atoms with Crippen LogP contribution in [-0.4, -0.2) is 24.1 Å². The van der Waals surface area contributed by atoms with Crippen LogP contribution in [0.3, 0.4) is 0 Å². The van der Waals surface area contributed by atoms with Crippen molar-refractivity contribution in [2.45, 2.75) is 6.92 Å². The highest BCUT2D eigenvalue weighted by atomic mass is 16.6. The van der Waals surface area contributed by atoms with E-state index in [1.165, 1.54) is 13.0 Å². The Morgan fingerprint density at radius 1 is 1.31 bits per heavy atom. The number of allylic oxidation sites excluding steroid dienone is 1. The van der Waals surface area contributed by atoms with Gasteiger partial charge in [-0.2, -0.15) is 0 Å². The Hall–Kier alpha value is -1.97. The van der Waals surface area contributed by atoms with Crippen LogP contribution in [0.1, 0.15) is 12.5 Å². The van der Waals surface area contributed by atoms with Gasteiger partial charge in [-0.3, -0.25) is 4.79 Å². The molecule has 4 nitrogen and oxygen atoms in total. The van der Waals surface area contributed by atoms with Crippen LogP contribution >= 0.6 is 0 Å². The van der Waals surface area contributed by atoms with Crippen molar-refractivity contribution in [2.24, 2.45) is 0 Å². The Bertz CT molecular complexity index is 448. The summed E-state index contributed by atoms with van der Waals surface area (Å²) in [6.07, 6.45) is 1.17. The van der Waals surface area contributed by atoms with Crippen LogP contribution in [0.25, 0.3) is 5.76 Å². The summed E-state index contributed by atoms with van der Waals surface area (Å²) >= 11 is 0. The zero-order chi connectivity index (χ0) is 11.5. The molecule has 0 atom stereocenters. The molecule has 16 heavy (non-hydrogen) atoms. The van der Waals surface area contributed by atoms with Crippen molar-refractivity contribution in [2.75, 3.05) is 13.2 Å². The van der Waals surface area contributed by atoms with Gasteiger partial charge in [-0.1, -0.05) is 0 Å². The molecule has 0 fully saturated rings. The van der Waals surface area contributed by atoms with Crippen molar-refractivity contribution in [3.05, 3.63) is 29.8 Å². The predicted octanol–water partition coefficient (Wildman–Crippen LogP) is 1.95. The fourth-order valence-electron chi connectivity index (χ4n) is 1.48. The van der Waals surface area contributed by atoms with Crippen LogP contribution in [-0.2, 0) is 4.79 Å². The molecular weight excluding hydrogens is 208 g/mol. The van der Waals surface area contributed by atoms with Crippen LogP contribution in [0.4, 0.5) is 0 Å². The number of carbonyl (C=O) groups is 1. The topological polar surface area (TPSA) is 55.8 Å². The van der Waals surface area contributed by atoms with Gasteiger partial charge in [-0.05, 0) is 25.1 Å². The predicted molar refractivity (Wildman–Crippen MR) is 58.7 cm³/mol. The fourth-order valence-corrected chi connectivity index (χ4v) is 1.48. The van der Waals surface area contributed by atoms with Gasteiger partial charge in [0.2, 0.25) is 0 Å². The first kappa shape index (κ1) is 10.5. The van der Waals surface area contributed by atoms with Crippen molar-refractivity contribution >= 4 is 11.5 Å². The Kier molecular flexibility index (Phi) is 2.81. The van der Waals surface area contributed by atoms with Gasteiger partial charge < -0.3 is 14.6 Å². The number of rotatable bonds is 2. The van der Waals surface area contributed by atoms with E-state index >= 15 is 0 Å². The lowest BCUT2D eigenvalue weighted by molar-refractivity contribution is -0.112. The highest BCUT2D eigenvalue weighted by Gasteiger charge is 2.12. The maximum Gasteiger partial charge on any atom is 0.162 e. The molecule has 1 aliphatic rings. The largest absolute Gasteiger partial charge is 0.507 e. The monoisotopic (exact) mass is 220 g/mol. The second kappa shape index (κ2) is 4.26. The van der Waals surface area contributed by atoms with Crippen molar-refractivity contribution in [3.63, 3.8) is 0 Å². The number of hydrogen-bond donors (Lipinski definition) is 1. The summed E-state index contributed by atoms with van der Waals surface area (Å²) in [5.41, 5.74) is 0.541. The molecule has 1 N–H and O–H groups in total. The van der Waals surface area contributed by atoms with Gasteiger partial charge >= 0.3 is 0 Å². The second-order valence-electron chi connectivity index (χ2n) is 3.50. The van der Waals surface area contributed by atoms with Crippen LogP contribution in [0.2, 0.25) is 0 Å². The van der Waals surface area contributed by atoms with Crippen LogP contribution in [0.15, 0.2) is 24.3 Å². The number of fused-ring (bicyclic) bond motifs is 1. The molecule has 84 valence electrons. The first-order chi connectivity index (χ1) is 7.66. The lowest BCUT2D eigenvalue weighted by atomic mass is 10.1. The molecule has 0 bridgehead atoms. The summed E-state index contributed by atoms with van der Waals surface area (Å²) in [6.45, 7) is 2.41. The Balaban J connectivity index is 2.33. The van der Waals surface area contributed by atoms with Crippen LogP contribution < -0.4 is 9.47 Å². The van der Waals surface area contributed by atoms with Gasteiger partial charge in [0.05, 0.1) is 0 Å². The van der Waals surface area contributed by atoms with Crippen LogP contribution in [0, 0.1) is 0 Å². The van der Waals surface area contributed by atoms with E-state index in [1.807, 2.05) is 0 Å². The van der Waals surface area contributed by atoms with E-state index in [0.717, 1.165) is 0 Å². The summed E-state index contributed by atoms with van der Waals surface area (Å²) in [4.78, 5) is 10.8. The number of carbonyl (C=O) groups excluding carboxylic acids is 1. The average Bonchev–Trinajstić information content (AvgIpc) is 2.27. The number of benzene rings is 1. The molecule has 0 unspecified atom stereocenters. The molecule has 0 aliphatic carbocycles. The van der Waals surface area contributed by atoms with E-state index in [4.69, 9.17) is 9.47 Å². The Labute approximate surface area is 93.1 Å². The Morgan fingerprint density at radius 3 is 2.69 bits per heavy atom. The summed E-state index contributed by atoms with van der Waals surface area (Å²) in [7, 11) is 0. The number of aliphatic hydroxyl groups is 1. The molecule has 4 heteroatoms. The standard InChI is InChI=1S/C12H12O4/c1-8(13)6-10(14)9-2-3-11-12(7-9)16-5-4-15-11/h2-3,6-7,14H,4-5H2,1H3/b10-6-. The normalized spacial score (nSPS) is 14.7. The van der Waals surface area contributed by atoms with Crippen LogP contribution in [0.5, 0.6) is 11.5 Å². The number of hydrogen-bond acceptors (Lipinski definition) is 4. The van der Waals surface area contributed by atoms with E-state index < -0.39 is 0 Å². The van der Waals surface area contributed by atoms with Crippen molar-refractivity contribution in [3.8, 4) is 11.5 Å². The summed E-state index contributed by atoms with van der Waals surface area (Å²) in [5.74, 6) is 0.981. The van der Waals surface area contributed by atoms with Gasteiger partial charge in [0, 0.05) is 11.6 Å². The van der Waals surface area contributed by atoms with Gasteiger partial charge in [-0.15, -0.1) is 0 Å². The molecule has 1 aromatic rings. The lowest BCUT2D eigenvalue weighted by Gasteiger charge is -2.18. The lowest BCUT2D eigenvalue weighted by Crippen LogP contribution is -2.15. The highest BCUT2D eigenvalue weighted by Crippen LogP contribution is 2.32. The van der Waals surface area contributed by atoms with Gasteiger partial charge in [0.1, 0.15) is 19.0 Å². The van der Waals surface area contributed by atoms with Crippen molar-refractivity contribution < 1.29 is 19.4 Å². The number of ketones is 1. The first-order valence-corrected chi connectivity index (χ1v) is 4.98. The minimum absolute atomic E-state index is 0.0653. The smallest absolute Gasteiger partial charge is 0.162 e. The van der Waals surface area contributed by atoms with Gasteiger partial charge in [-0.25, -0.2) is 0 Å². The number of aliphatic hydroxyl groups excluding tert-OH is 1. The highest BCUT2D eigenvalue weighted by molar-refractivity contribution is 5.93. The first-order valence-electron chi connectivity index (χ1n) is 4.98. The molecular formula is C12H12O4. The van der Waals surface area contributed by atoms with Gasteiger partial charge in [0.15, 0.2) is 17.3 Å². The molecule has 0 aromatic heterocycles. The third kappa shape index (κ3) is 2.16. The van der Waals surface area contributed by atoms with E-state index in [9.17, 15) is 9.90 Å². The third-order valence-electron chi connectivity index (χ3n) is 2.18. The molecule has 2 rings (SSSR count). The fraction of sp³-hybridized carbons (Fsp3) is 0.250. The van der Waals surface area contributed by atoms with Crippen molar-refractivity contribution in [1.82, 2.24) is 0 Å². The summed E-state index contributed by atoms with van der Waals surface area (Å²) in [5, 5.41) is 9.64. The molecule has 0 saturated heterocycles. The second-order valence-corrected chi connectivity index (χ2v) is 3.50. The minimum atomic E-state index is -0.201. The molecule has 1 aliphatic heterocycles. The molecule has 1 aromatic carbocycles. The maximum atomic E-state index is 10.8. The minimum Gasteiger partial charge on any atom is -0.507 e. The molecule has 0 radical (unpaired) electrons. The zero-order valence-electron chi connectivity index (χ0n) is 8.90. The number of ether oxygens (including phenoxy) is 2. The summed E-state index contributed by atoms with van der Waals surface area (Å²) < 4.78 is 10.7. The SMILES string of the molecule is CC(=O)/C=C(\O)c1ccc2c(c1)OCCO2. The molecule has 0 saturated carbocycles. The molecule has 1 heterocycles. The third-order valence-corrected chi connectivity index (χ3v) is 2.18. The molecule has 0 amide bonds. The summed E-state index contributed by atoms with van der Waals surface area (Å²) in [6, 6.07) is 5.06. The quantitative estimate of drug-likeness (QED) is 0.611. The zero-order valence-corrected chi connectivity index (χ0v) is 8.90. The Morgan fingerprint density at radius 2 is 2.00 bits per heavy atom. The van der Waals surface area contributed by atoms with Gasteiger partial charge in [0.25, 0.3) is 0 Å².